The number of aliphatic hydroxyl groups is 3. The molecule has 12 atom stereocenters. The number of hydrogen-bond acceptors (Lipinski definition) is 18. The number of esters is 1. The maximum Gasteiger partial charge on any atom is 0.329 e. The van der Waals surface area contributed by atoms with E-state index in [1.54, 1.807) is 19.2 Å². The maximum atomic E-state index is 15.6. The van der Waals surface area contributed by atoms with Gasteiger partial charge >= 0.3 is 35.9 Å². The topological polar surface area (TPSA) is 409 Å². The second-order valence-corrected chi connectivity index (χ2v) is 40.1. The molecule has 1 aromatic heterocycles. The van der Waals surface area contributed by atoms with E-state index in [-0.39, 0.29) is 56.0 Å². The van der Waals surface area contributed by atoms with Crippen molar-refractivity contribution in [3.63, 3.8) is 0 Å². The number of likely N-dealkylation sites (N-methyl/N-ethyl adjacent to an activating group) is 2. The standard InChI is InChI=1S/C77H111N9O19Si2/c1-13-57(87)55-25-19-20-35-75(70(100)104-8,62-50(33-41-85(55)14-2)49-23-17-18-24-53(49)81-62)52-43-51-56(44-58(52)103-7)84(6)66-76(51)38-42-86-40-22-34-72(3,65(76)86)67(95)77(66,102)46-79-63(92)47-27-29-48(30-28-47)107(11,12)105-106(9,10)45-54(64(93)94)80-60(89)26-16-15-21-39-78-59(88)31-36-73(4,68(96)97)82-71(101)83-74(5,69(98)99)37-32-61(90)91/h17-18,22-24,27-30,34,43-44,54-55,57,65-67,81,87,95,102H,13-16,19-21,25-26,31-33,35-42,45-46H2,1-12H3,(H,78,88)(H,79,92)(H,80,89)(H,90,91)(H,93,94)(H,96,97)(H,98,99)(H2,82,83,101)/t54?,55?,57?,65-,66-,67-,72-,73?,74+,75+,76-,77+/m1/s1. The van der Waals surface area contributed by atoms with Gasteiger partial charge in [0.2, 0.25) is 20.1 Å². The van der Waals surface area contributed by atoms with Crippen molar-refractivity contribution in [1.82, 2.24) is 41.4 Å². The Morgan fingerprint density at radius 2 is 1.47 bits per heavy atom. The number of hydrogen-bond donors (Lipinski definition) is 13. The number of benzene rings is 3. The van der Waals surface area contributed by atoms with Crippen LogP contribution < -0.4 is 41.4 Å². The van der Waals surface area contributed by atoms with Gasteiger partial charge in [-0.25, -0.2) is 14.4 Å². The van der Waals surface area contributed by atoms with Crippen molar-refractivity contribution in [3.8, 4) is 5.75 Å². The summed E-state index contributed by atoms with van der Waals surface area (Å²) in [5.74, 6) is -7.09. The normalized spacial score (nSPS) is 25.4. The van der Waals surface area contributed by atoms with Gasteiger partial charge in [-0.3, -0.25) is 38.6 Å². The minimum absolute atomic E-state index is 0.0107. The van der Waals surface area contributed by atoms with E-state index in [0.29, 0.717) is 82.3 Å². The van der Waals surface area contributed by atoms with Crippen molar-refractivity contribution in [3.05, 3.63) is 101 Å². The van der Waals surface area contributed by atoms with Gasteiger partial charge < -0.3 is 85.8 Å². The number of carboxylic acids is 4. The maximum absolute atomic E-state index is 15.6. The Bertz CT molecular complexity index is 4020. The molecule has 1 spiro atoms. The number of carbonyl (C=O) groups excluding carboxylic acids is 5. The molecular formula is C77H111N9O19Si2. The predicted octanol–water partition coefficient (Wildman–Crippen LogP) is 5.97. The Morgan fingerprint density at radius 1 is 0.794 bits per heavy atom. The molecule has 9 rings (SSSR count). The molecule has 1 saturated heterocycles. The first-order valence-corrected chi connectivity index (χ1v) is 43.4. The van der Waals surface area contributed by atoms with Crippen LogP contribution in [0.2, 0.25) is 32.2 Å². The van der Waals surface area contributed by atoms with Gasteiger partial charge in [-0.1, -0.05) is 82.5 Å². The summed E-state index contributed by atoms with van der Waals surface area (Å²) in [5, 5.41) is 91.8. The zero-order chi connectivity index (χ0) is 78.6. The molecule has 2 fully saturated rings. The molecule has 4 aromatic rings. The molecule has 586 valence electrons. The minimum Gasteiger partial charge on any atom is -0.496 e. The van der Waals surface area contributed by atoms with Crippen LogP contribution in [0, 0.1) is 5.41 Å². The average Bonchev–Trinajstić information content (AvgIpc) is 1.49. The first-order valence-electron chi connectivity index (χ1n) is 37.4. The van der Waals surface area contributed by atoms with E-state index in [1.165, 1.54) is 7.11 Å². The highest BCUT2D eigenvalue weighted by molar-refractivity contribution is 6.92. The zero-order valence-corrected chi connectivity index (χ0v) is 65.8. The van der Waals surface area contributed by atoms with Gasteiger partial charge in [-0.15, -0.1) is 0 Å². The summed E-state index contributed by atoms with van der Waals surface area (Å²) in [5.41, 5.74) is -4.25. The van der Waals surface area contributed by atoms with Crippen molar-refractivity contribution < 1.29 is 92.5 Å². The van der Waals surface area contributed by atoms with Crippen LogP contribution >= 0.6 is 0 Å². The predicted molar refractivity (Wildman–Crippen MR) is 406 cm³/mol. The van der Waals surface area contributed by atoms with E-state index in [4.69, 9.17) is 18.7 Å². The van der Waals surface area contributed by atoms with E-state index in [1.807, 2.05) is 101 Å². The fourth-order valence-electron chi connectivity index (χ4n) is 18.3. The third kappa shape index (κ3) is 16.5. The Kier molecular flexibility index (Phi) is 25.5. The summed E-state index contributed by atoms with van der Waals surface area (Å²) in [6.45, 7) is 18.5. The SMILES string of the molecule is CCC(O)C1CCCC[C@](C(=O)OC)(c2cc3c(cc2OC)N(C)[C@H]2[C@@](O)(CNC(=O)c4ccc([Si](C)(C)O[Si](C)(C)CC(NC(=O)CCCCCNC(=O)CCC(C)(NC(=O)N[C@@](C)(CCC(=O)O)C(=O)O)C(=O)O)C(=O)O)cc4)[C@H](O)[C@]4(C)C=CCN5CC[C@]32[C@H]54)c2[nH]c3ccccc3c2CCN1CC. The number of anilines is 1. The molecule has 5 amide bonds. The molecule has 5 aliphatic rings. The molecule has 4 unspecified atom stereocenters. The molecule has 0 bridgehead atoms. The highest BCUT2D eigenvalue weighted by Crippen LogP contribution is 2.67. The number of amides is 5. The van der Waals surface area contributed by atoms with Crippen LogP contribution in [0.3, 0.4) is 0 Å². The molecule has 107 heavy (non-hydrogen) atoms. The Labute approximate surface area is 627 Å². The number of aromatic nitrogens is 1. The van der Waals surface area contributed by atoms with E-state index in [2.05, 4.69) is 60.4 Å². The number of nitrogens with zero attached hydrogens (tertiary/aromatic N) is 3. The fourth-order valence-corrected chi connectivity index (χ4v) is 26.9. The smallest absolute Gasteiger partial charge is 0.329 e. The Hall–Kier alpha value is -8.24. The van der Waals surface area contributed by atoms with Crippen LogP contribution in [0.25, 0.3) is 10.9 Å². The van der Waals surface area contributed by atoms with Gasteiger partial charge in [0.25, 0.3) is 5.91 Å². The molecule has 5 heterocycles. The number of aliphatic hydroxyl groups excluding tert-OH is 2. The molecule has 30 heteroatoms. The number of nitrogens with one attached hydrogen (secondary N) is 6. The van der Waals surface area contributed by atoms with Crippen molar-refractivity contribution in [2.75, 3.05) is 65.4 Å². The molecule has 0 radical (unpaired) electrons. The third-order valence-corrected chi connectivity index (χ3v) is 31.0. The minimum atomic E-state index is -2.89. The van der Waals surface area contributed by atoms with Crippen LogP contribution in [0.1, 0.15) is 157 Å². The largest absolute Gasteiger partial charge is 0.496 e. The second kappa shape index (κ2) is 32.9. The van der Waals surface area contributed by atoms with Crippen LogP contribution in [-0.2, 0) is 59.7 Å². The molecule has 28 nitrogen and oxygen atoms in total. The molecule has 3 aromatic carbocycles. The lowest BCUT2D eigenvalue weighted by atomic mass is 9.49. The quantitative estimate of drug-likeness (QED) is 0.0116. The number of rotatable bonds is 32. The van der Waals surface area contributed by atoms with Gasteiger partial charge in [-0.05, 0) is 158 Å². The first kappa shape index (κ1) is 82.8. The lowest BCUT2D eigenvalue weighted by Gasteiger charge is -2.63. The van der Waals surface area contributed by atoms with Crippen LogP contribution in [0.5, 0.6) is 5.75 Å². The number of urea groups is 1. The summed E-state index contributed by atoms with van der Waals surface area (Å²) in [6, 6.07) is 15.5. The summed E-state index contributed by atoms with van der Waals surface area (Å²) in [7, 11) is -0.805. The number of aliphatic carboxylic acids is 4. The molecule has 1 aliphatic carbocycles. The summed E-state index contributed by atoms with van der Waals surface area (Å²) in [6.07, 6.45) is 5.75. The number of ether oxygens (including phenoxy) is 2. The second-order valence-electron chi connectivity index (χ2n) is 31.7. The van der Waals surface area contributed by atoms with E-state index >= 15 is 4.79 Å². The average molecular weight is 1520 g/mol. The number of H-pyrrole nitrogens is 1. The first-order chi connectivity index (χ1) is 50.4. The van der Waals surface area contributed by atoms with Crippen LogP contribution in [0.15, 0.2) is 72.8 Å². The lowest BCUT2D eigenvalue weighted by molar-refractivity contribution is -0.190. The number of para-hydroxylation sites is 1. The van der Waals surface area contributed by atoms with E-state index in [0.717, 1.165) is 71.8 Å². The summed E-state index contributed by atoms with van der Waals surface area (Å²) in [4.78, 5) is 127. The van der Waals surface area contributed by atoms with Crippen molar-refractivity contribution in [1.29, 1.82) is 0 Å². The van der Waals surface area contributed by atoms with Gasteiger partial charge in [-0.2, -0.15) is 0 Å². The lowest BCUT2D eigenvalue weighted by Crippen LogP contribution is -2.80. The number of aromatic amines is 1. The van der Waals surface area contributed by atoms with E-state index < -0.39 is 140 Å². The highest BCUT2D eigenvalue weighted by Gasteiger charge is 2.76. The molecular weight excluding hydrogens is 1410 g/mol. The zero-order valence-electron chi connectivity index (χ0n) is 63.8. The number of carboxylic acid groups (broad SMARTS) is 4. The summed E-state index contributed by atoms with van der Waals surface area (Å²) >= 11 is 0. The Balaban J connectivity index is 0.858. The van der Waals surface area contributed by atoms with Crippen LogP contribution in [0.4, 0.5) is 10.5 Å². The molecule has 13 N–H and O–H groups in total. The molecule has 4 aliphatic heterocycles. The van der Waals surface area contributed by atoms with E-state index in [9.17, 15) is 69.0 Å². The fraction of sp³-hybridized carbons (Fsp3) is 0.597. The van der Waals surface area contributed by atoms with Crippen molar-refractivity contribution >= 4 is 92.0 Å². The van der Waals surface area contributed by atoms with Gasteiger partial charge in [0.1, 0.15) is 33.9 Å². The number of fused-ring (bicyclic) bond motifs is 4. The number of methoxy groups -OCH3 is 2. The highest BCUT2D eigenvalue weighted by atomic mass is 28.4. The van der Waals surface area contributed by atoms with Crippen molar-refractivity contribution in [2.45, 2.75) is 227 Å². The number of carbonyl (C=O) groups is 9. The van der Waals surface area contributed by atoms with Gasteiger partial charge in [0, 0.05) is 108 Å². The Morgan fingerprint density at radius 3 is 2.09 bits per heavy atom. The molecule has 1 saturated carbocycles. The van der Waals surface area contributed by atoms with Gasteiger partial charge in [0.15, 0.2) is 8.32 Å². The van der Waals surface area contributed by atoms with Crippen molar-refractivity contribution in [2.24, 2.45) is 5.41 Å². The summed E-state index contributed by atoms with van der Waals surface area (Å²) < 4.78 is 19.4. The number of unbranched alkanes of at least 4 members (excludes halogenated alkanes) is 2. The monoisotopic (exact) mass is 1520 g/mol. The van der Waals surface area contributed by atoms with Crippen LogP contribution in [-0.4, -0.2) is 234 Å². The third-order valence-electron chi connectivity index (χ3n) is 23.7. The van der Waals surface area contributed by atoms with Gasteiger partial charge in [0.05, 0.1) is 39.0 Å².